The Bertz CT molecular complexity index is 299. The van der Waals surface area contributed by atoms with Gasteiger partial charge < -0.3 is 10.6 Å². The van der Waals surface area contributed by atoms with Crippen LogP contribution in [0, 0.1) is 0 Å². The van der Waals surface area contributed by atoms with Crippen LogP contribution in [0.15, 0.2) is 24.3 Å². The SMILES string of the molecule is CCCc1ccc(NC2CCNCC2)cc1. The number of rotatable bonds is 4. The van der Waals surface area contributed by atoms with Crippen molar-refractivity contribution in [1.29, 1.82) is 0 Å². The monoisotopic (exact) mass is 218 g/mol. The van der Waals surface area contributed by atoms with Crippen molar-refractivity contribution in [3.8, 4) is 0 Å². The van der Waals surface area contributed by atoms with Gasteiger partial charge >= 0.3 is 0 Å². The maximum Gasteiger partial charge on any atom is 0.0342 e. The molecule has 1 aliphatic rings. The molecule has 1 aromatic carbocycles. The van der Waals surface area contributed by atoms with Gasteiger partial charge in [-0.25, -0.2) is 0 Å². The third kappa shape index (κ3) is 3.24. The molecule has 1 aromatic rings. The first kappa shape index (κ1) is 11.5. The van der Waals surface area contributed by atoms with Gasteiger partial charge in [-0.2, -0.15) is 0 Å². The highest BCUT2D eigenvalue weighted by Crippen LogP contribution is 2.15. The Morgan fingerprint density at radius 2 is 1.88 bits per heavy atom. The van der Waals surface area contributed by atoms with Crippen LogP contribution in [0.5, 0.6) is 0 Å². The standard InChI is InChI=1S/C14H22N2/c1-2-3-12-4-6-13(7-5-12)16-14-8-10-15-11-9-14/h4-7,14-16H,2-3,8-11H2,1H3. The summed E-state index contributed by atoms with van der Waals surface area (Å²) in [5.41, 5.74) is 2.71. The summed E-state index contributed by atoms with van der Waals surface area (Å²) in [4.78, 5) is 0. The second-order valence-electron chi connectivity index (χ2n) is 4.62. The number of benzene rings is 1. The lowest BCUT2D eigenvalue weighted by Crippen LogP contribution is -2.35. The Morgan fingerprint density at radius 1 is 1.19 bits per heavy atom. The molecule has 0 aromatic heterocycles. The maximum absolute atomic E-state index is 3.61. The van der Waals surface area contributed by atoms with E-state index in [0.717, 1.165) is 13.1 Å². The molecule has 0 amide bonds. The predicted octanol–water partition coefficient (Wildman–Crippen LogP) is 2.80. The highest BCUT2D eigenvalue weighted by molar-refractivity contribution is 5.45. The molecule has 1 heterocycles. The summed E-state index contributed by atoms with van der Waals surface area (Å²) in [7, 11) is 0. The van der Waals surface area contributed by atoms with Crippen molar-refractivity contribution in [2.45, 2.75) is 38.6 Å². The molecule has 0 spiro atoms. The maximum atomic E-state index is 3.61. The van der Waals surface area contributed by atoms with Crippen LogP contribution in [0.25, 0.3) is 0 Å². The molecule has 0 radical (unpaired) electrons. The lowest BCUT2D eigenvalue weighted by atomic mass is 10.1. The number of nitrogens with one attached hydrogen (secondary N) is 2. The lowest BCUT2D eigenvalue weighted by Gasteiger charge is -2.24. The van der Waals surface area contributed by atoms with Gasteiger partial charge in [0.1, 0.15) is 0 Å². The zero-order valence-corrected chi connectivity index (χ0v) is 10.1. The number of anilines is 1. The van der Waals surface area contributed by atoms with Crippen molar-refractivity contribution in [3.63, 3.8) is 0 Å². The van der Waals surface area contributed by atoms with Gasteiger partial charge in [0.15, 0.2) is 0 Å². The molecule has 1 saturated heterocycles. The first-order valence-corrected chi connectivity index (χ1v) is 6.44. The van der Waals surface area contributed by atoms with E-state index >= 15 is 0 Å². The fourth-order valence-corrected chi connectivity index (χ4v) is 2.26. The van der Waals surface area contributed by atoms with Crippen LogP contribution < -0.4 is 10.6 Å². The Kier molecular flexibility index (Phi) is 4.23. The average molecular weight is 218 g/mol. The molecule has 1 aliphatic heterocycles. The highest BCUT2D eigenvalue weighted by atomic mass is 15.0. The zero-order chi connectivity index (χ0) is 11.2. The average Bonchev–Trinajstić information content (AvgIpc) is 2.33. The van der Waals surface area contributed by atoms with E-state index in [1.165, 1.54) is 36.9 Å². The molecule has 2 rings (SSSR count). The van der Waals surface area contributed by atoms with E-state index in [-0.39, 0.29) is 0 Å². The molecule has 0 atom stereocenters. The minimum absolute atomic E-state index is 0.651. The molecule has 88 valence electrons. The van der Waals surface area contributed by atoms with Gasteiger partial charge in [0.25, 0.3) is 0 Å². The molecule has 2 N–H and O–H groups in total. The summed E-state index contributed by atoms with van der Waals surface area (Å²) in [5, 5.41) is 7.00. The summed E-state index contributed by atoms with van der Waals surface area (Å²) in [5.74, 6) is 0. The Morgan fingerprint density at radius 3 is 2.50 bits per heavy atom. The molecule has 0 aliphatic carbocycles. The van der Waals surface area contributed by atoms with Crippen LogP contribution >= 0.6 is 0 Å². The number of piperidine rings is 1. The van der Waals surface area contributed by atoms with Gasteiger partial charge in [-0.3, -0.25) is 0 Å². The molecule has 1 fully saturated rings. The molecule has 2 heteroatoms. The van der Waals surface area contributed by atoms with Gasteiger partial charge in [0.2, 0.25) is 0 Å². The van der Waals surface area contributed by atoms with Crippen LogP contribution in [-0.2, 0) is 6.42 Å². The number of hydrogen-bond acceptors (Lipinski definition) is 2. The van der Waals surface area contributed by atoms with E-state index in [2.05, 4.69) is 41.8 Å². The second-order valence-corrected chi connectivity index (χ2v) is 4.62. The smallest absolute Gasteiger partial charge is 0.0342 e. The molecule has 16 heavy (non-hydrogen) atoms. The van der Waals surface area contributed by atoms with E-state index in [9.17, 15) is 0 Å². The zero-order valence-electron chi connectivity index (χ0n) is 10.1. The largest absolute Gasteiger partial charge is 0.382 e. The van der Waals surface area contributed by atoms with Crippen molar-refractivity contribution in [2.75, 3.05) is 18.4 Å². The van der Waals surface area contributed by atoms with Gasteiger partial charge in [-0.1, -0.05) is 25.5 Å². The molecular formula is C14H22N2. The van der Waals surface area contributed by atoms with Crippen molar-refractivity contribution >= 4 is 5.69 Å². The summed E-state index contributed by atoms with van der Waals surface area (Å²) < 4.78 is 0. The fraction of sp³-hybridized carbons (Fsp3) is 0.571. The van der Waals surface area contributed by atoms with E-state index in [1.54, 1.807) is 0 Å². The molecule has 0 unspecified atom stereocenters. The van der Waals surface area contributed by atoms with E-state index < -0.39 is 0 Å². The number of hydrogen-bond donors (Lipinski definition) is 2. The van der Waals surface area contributed by atoms with E-state index in [0.29, 0.717) is 6.04 Å². The van der Waals surface area contributed by atoms with Crippen LogP contribution in [0.2, 0.25) is 0 Å². The number of aryl methyl sites for hydroxylation is 1. The minimum Gasteiger partial charge on any atom is -0.382 e. The first-order chi connectivity index (χ1) is 7.88. The summed E-state index contributed by atoms with van der Waals surface area (Å²) in [6.45, 7) is 4.51. The molecule has 2 nitrogen and oxygen atoms in total. The third-order valence-electron chi connectivity index (χ3n) is 3.20. The fourth-order valence-electron chi connectivity index (χ4n) is 2.26. The highest BCUT2D eigenvalue weighted by Gasteiger charge is 2.11. The van der Waals surface area contributed by atoms with Crippen LogP contribution in [-0.4, -0.2) is 19.1 Å². The van der Waals surface area contributed by atoms with Gasteiger partial charge in [-0.05, 0) is 50.0 Å². The normalized spacial score (nSPS) is 17.3. The molecule has 0 saturated carbocycles. The molecular weight excluding hydrogens is 196 g/mol. The summed E-state index contributed by atoms with van der Waals surface area (Å²) in [6, 6.07) is 9.57. The first-order valence-electron chi connectivity index (χ1n) is 6.44. The minimum atomic E-state index is 0.651. The summed E-state index contributed by atoms with van der Waals surface area (Å²) >= 11 is 0. The Labute approximate surface area is 98.4 Å². The van der Waals surface area contributed by atoms with E-state index in [1.807, 2.05) is 0 Å². The van der Waals surface area contributed by atoms with E-state index in [4.69, 9.17) is 0 Å². The Hall–Kier alpha value is -1.02. The van der Waals surface area contributed by atoms with Gasteiger partial charge in [0, 0.05) is 11.7 Å². The van der Waals surface area contributed by atoms with Crippen molar-refractivity contribution < 1.29 is 0 Å². The topological polar surface area (TPSA) is 24.1 Å². The van der Waals surface area contributed by atoms with Crippen LogP contribution in [0.3, 0.4) is 0 Å². The van der Waals surface area contributed by atoms with Crippen molar-refractivity contribution in [1.82, 2.24) is 5.32 Å². The van der Waals surface area contributed by atoms with Crippen molar-refractivity contribution in [3.05, 3.63) is 29.8 Å². The predicted molar refractivity (Wildman–Crippen MR) is 70.0 cm³/mol. The van der Waals surface area contributed by atoms with Gasteiger partial charge in [0.05, 0.1) is 0 Å². The van der Waals surface area contributed by atoms with Crippen LogP contribution in [0.1, 0.15) is 31.7 Å². The van der Waals surface area contributed by atoms with Crippen molar-refractivity contribution in [2.24, 2.45) is 0 Å². The van der Waals surface area contributed by atoms with Crippen LogP contribution in [0.4, 0.5) is 5.69 Å². The quantitative estimate of drug-likeness (QED) is 0.812. The third-order valence-corrected chi connectivity index (χ3v) is 3.20. The second kappa shape index (κ2) is 5.90. The Balaban J connectivity index is 1.88. The lowest BCUT2D eigenvalue weighted by molar-refractivity contribution is 0.479. The van der Waals surface area contributed by atoms with Gasteiger partial charge in [-0.15, -0.1) is 0 Å². The molecule has 0 bridgehead atoms. The summed E-state index contributed by atoms with van der Waals surface area (Å²) in [6.07, 6.45) is 4.88.